The molecule has 0 fully saturated rings. The van der Waals surface area contributed by atoms with Crippen molar-refractivity contribution in [2.75, 3.05) is 0 Å². The molecule has 12 heavy (non-hydrogen) atoms. The van der Waals surface area contributed by atoms with E-state index in [2.05, 4.69) is 18.8 Å². The highest BCUT2D eigenvalue weighted by molar-refractivity contribution is 5.99. The summed E-state index contributed by atoms with van der Waals surface area (Å²) < 4.78 is 0. The Morgan fingerprint density at radius 3 is 2.75 bits per heavy atom. The van der Waals surface area contributed by atoms with Crippen molar-refractivity contribution in [3.63, 3.8) is 0 Å². The molecule has 0 N–H and O–H groups in total. The maximum absolute atomic E-state index is 11.3. The summed E-state index contributed by atoms with van der Waals surface area (Å²) >= 11 is 0. The number of carbonyl (C=O) groups excluding carboxylic acids is 1. The van der Waals surface area contributed by atoms with E-state index in [0.29, 0.717) is 18.6 Å². The number of hydrogen-bond acceptors (Lipinski definition) is 1. The summed E-state index contributed by atoms with van der Waals surface area (Å²) in [7, 11) is 0. The average molecular weight is 162 g/mol. The number of hydrogen-bond donors (Lipinski definition) is 0. The van der Waals surface area contributed by atoms with Gasteiger partial charge in [-0.25, -0.2) is 0 Å². The van der Waals surface area contributed by atoms with Crippen molar-refractivity contribution >= 4 is 5.78 Å². The van der Waals surface area contributed by atoms with Crippen molar-refractivity contribution in [1.29, 1.82) is 0 Å². The second kappa shape index (κ2) is 4.11. The highest BCUT2D eigenvalue weighted by atomic mass is 16.1. The molecule has 0 radical (unpaired) electrons. The summed E-state index contributed by atoms with van der Waals surface area (Å²) in [4.78, 5) is 11.3. The summed E-state index contributed by atoms with van der Waals surface area (Å²) in [5.41, 5.74) is 2.31. The van der Waals surface area contributed by atoms with Gasteiger partial charge in [0.2, 0.25) is 0 Å². The van der Waals surface area contributed by atoms with Crippen LogP contribution in [0.3, 0.4) is 0 Å². The van der Waals surface area contributed by atoms with E-state index in [1.807, 2.05) is 6.92 Å². The second-order valence-corrected chi connectivity index (χ2v) is 2.96. The standard InChI is InChI=1S/C11H14O/c1-3-5-6-10-9(4-2)7-8-11(10)12/h4,6-8H2,1-2H3. The number of allylic oxidation sites excluding steroid dienone is 2. The van der Waals surface area contributed by atoms with Gasteiger partial charge in [0, 0.05) is 18.4 Å². The van der Waals surface area contributed by atoms with E-state index in [-0.39, 0.29) is 0 Å². The topological polar surface area (TPSA) is 17.1 Å². The Balaban J connectivity index is 2.77. The highest BCUT2D eigenvalue weighted by Crippen LogP contribution is 2.27. The van der Waals surface area contributed by atoms with Gasteiger partial charge in [-0.05, 0) is 19.8 Å². The molecule has 1 aliphatic carbocycles. The Morgan fingerprint density at radius 2 is 2.17 bits per heavy atom. The molecule has 0 heterocycles. The van der Waals surface area contributed by atoms with Gasteiger partial charge >= 0.3 is 0 Å². The lowest BCUT2D eigenvalue weighted by Gasteiger charge is -1.97. The summed E-state index contributed by atoms with van der Waals surface area (Å²) in [5.74, 6) is 6.09. The lowest BCUT2D eigenvalue weighted by atomic mass is 10.1. The van der Waals surface area contributed by atoms with Crippen molar-refractivity contribution in [1.82, 2.24) is 0 Å². The SMILES string of the molecule is CC#CCC1=C(CC)CCC1=O. The molecule has 0 spiro atoms. The van der Waals surface area contributed by atoms with Crippen LogP contribution in [0.4, 0.5) is 0 Å². The number of carbonyl (C=O) groups is 1. The Bertz CT molecular complexity index is 273. The van der Waals surface area contributed by atoms with Crippen LogP contribution in [0.5, 0.6) is 0 Å². The molecular formula is C11H14O. The van der Waals surface area contributed by atoms with Crippen LogP contribution in [-0.4, -0.2) is 5.78 Å². The fourth-order valence-corrected chi connectivity index (χ4v) is 1.55. The van der Waals surface area contributed by atoms with E-state index in [4.69, 9.17) is 0 Å². The zero-order valence-electron chi connectivity index (χ0n) is 7.74. The van der Waals surface area contributed by atoms with Gasteiger partial charge in [-0.3, -0.25) is 4.79 Å². The number of ketones is 1. The molecule has 1 aliphatic rings. The monoisotopic (exact) mass is 162 g/mol. The van der Waals surface area contributed by atoms with Crippen molar-refractivity contribution in [2.24, 2.45) is 0 Å². The quantitative estimate of drug-likeness (QED) is 0.570. The molecule has 0 bridgehead atoms. The number of rotatable bonds is 2. The Kier molecular flexibility index (Phi) is 3.10. The van der Waals surface area contributed by atoms with E-state index in [0.717, 1.165) is 18.4 Å². The molecule has 1 heteroatoms. The van der Waals surface area contributed by atoms with Gasteiger partial charge in [-0.1, -0.05) is 18.4 Å². The minimum absolute atomic E-state index is 0.314. The Morgan fingerprint density at radius 1 is 1.42 bits per heavy atom. The van der Waals surface area contributed by atoms with E-state index >= 15 is 0 Å². The minimum Gasteiger partial charge on any atom is -0.295 e. The van der Waals surface area contributed by atoms with Crippen LogP contribution in [-0.2, 0) is 4.79 Å². The third-order valence-corrected chi connectivity index (χ3v) is 2.29. The zero-order chi connectivity index (χ0) is 8.97. The molecule has 0 saturated carbocycles. The molecule has 0 unspecified atom stereocenters. The normalized spacial score (nSPS) is 16.3. The molecule has 1 rings (SSSR count). The summed E-state index contributed by atoms with van der Waals surface area (Å²) in [6.07, 6.45) is 3.35. The van der Waals surface area contributed by atoms with Gasteiger partial charge < -0.3 is 0 Å². The second-order valence-electron chi connectivity index (χ2n) is 2.96. The molecule has 0 amide bonds. The van der Waals surface area contributed by atoms with Crippen LogP contribution in [0.1, 0.15) is 39.5 Å². The van der Waals surface area contributed by atoms with Gasteiger partial charge in [0.1, 0.15) is 0 Å². The van der Waals surface area contributed by atoms with E-state index in [1.54, 1.807) is 0 Å². The first-order valence-corrected chi connectivity index (χ1v) is 4.43. The largest absolute Gasteiger partial charge is 0.295 e. The lowest BCUT2D eigenvalue weighted by molar-refractivity contribution is -0.114. The van der Waals surface area contributed by atoms with Gasteiger partial charge in [0.25, 0.3) is 0 Å². The molecule has 64 valence electrons. The van der Waals surface area contributed by atoms with Crippen molar-refractivity contribution in [3.05, 3.63) is 11.1 Å². The maximum atomic E-state index is 11.3. The average Bonchev–Trinajstić information content (AvgIpc) is 2.43. The third kappa shape index (κ3) is 1.76. The van der Waals surface area contributed by atoms with Crippen LogP contribution >= 0.6 is 0 Å². The fraction of sp³-hybridized carbons (Fsp3) is 0.545. The molecule has 1 nitrogen and oxygen atoms in total. The Hall–Kier alpha value is -1.03. The summed E-state index contributed by atoms with van der Waals surface area (Å²) in [6, 6.07) is 0. The van der Waals surface area contributed by atoms with Crippen molar-refractivity contribution < 1.29 is 4.79 Å². The molecule has 0 aromatic heterocycles. The van der Waals surface area contributed by atoms with Crippen molar-refractivity contribution in [3.8, 4) is 11.8 Å². The molecule has 0 aliphatic heterocycles. The van der Waals surface area contributed by atoms with Crippen LogP contribution < -0.4 is 0 Å². The van der Waals surface area contributed by atoms with Gasteiger partial charge in [0.05, 0.1) is 0 Å². The predicted octanol–water partition coefficient (Wildman–Crippen LogP) is 2.47. The molecule has 0 saturated heterocycles. The van der Waals surface area contributed by atoms with Crippen LogP contribution in [0.15, 0.2) is 11.1 Å². The number of Topliss-reactive ketones (excluding diaryl/α,β-unsaturated/α-hetero) is 1. The fourth-order valence-electron chi connectivity index (χ4n) is 1.55. The maximum Gasteiger partial charge on any atom is 0.160 e. The van der Waals surface area contributed by atoms with Crippen LogP contribution in [0.2, 0.25) is 0 Å². The lowest BCUT2D eigenvalue weighted by Crippen LogP contribution is -1.95. The summed E-state index contributed by atoms with van der Waals surface area (Å²) in [6.45, 7) is 3.92. The van der Waals surface area contributed by atoms with Gasteiger partial charge in [-0.15, -0.1) is 5.92 Å². The molecule has 0 aromatic rings. The smallest absolute Gasteiger partial charge is 0.160 e. The predicted molar refractivity (Wildman–Crippen MR) is 49.6 cm³/mol. The minimum atomic E-state index is 0.314. The Labute approximate surface area is 73.9 Å². The molecular weight excluding hydrogens is 148 g/mol. The highest BCUT2D eigenvalue weighted by Gasteiger charge is 2.20. The van der Waals surface area contributed by atoms with E-state index in [1.165, 1.54) is 5.57 Å². The van der Waals surface area contributed by atoms with Crippen LogP contribution in [0.25, 0.3) is 0 Å². The van der Waals surface area contributed by atoms with Gasteiger partial charge in [-0.2, -0.15) is 0 Å². The first-order chi connectivity index (χ1) is 5.79. The van der Waals surface area contributed by atoms with Gasteiger partial charge in [0.15, 0.2) is 5.78 Å². The molecule has 0 aromatic carbocycles. The van der Waals surface area contributed by atoms with Crippen LogP contribution in [0, 0.1) is 11.8 Å². The molecule has 0 atom stereocenters. The third-order valence-electron chi connectivity index (χ3n) is 2.29. The summed E-state index contributed by atoms with van der Waals surface area (Å²) in [5, 5.41) is 0. The van der Waals surface area contributed by atoms with Crippen molar-refractivity contribution in [2.45, 2.75) is 39.5 Å². The first-order valence-electron chi connectivity index (χ1n) is 4.43. The van der Waals surface area contributed by atoms with E-state index in [9.17, 15) is 4.79 Å². The van der Waals surface area contributed by atoms with E-state index < -0.39 is 0 Å². The zero-order valence-corrected chi connectivity index (χ0v) is 7.74. The first kappa shape index (κ1) is 9.06.